The zero-order chi connectivity index (χ0) is 14.4. The normalized spacial score (nSPS) is 10.6. The second kappa shape index (κ2) is 7.03. The lowest BCUT2D eigenvalue weighted by Crippen LogP contribution is -2.13. The van der Waals surface area contributed by atoms with Crippen molar-refractivity contribution in [1.29, 1.82) is 0 Å². The van der Waals surface area contributed by atoms with Crippen molar-refractivity contribution in [3.05, 3.63) is 59.4 Å². The number of aliphatic hydroxyl groups is 1. The summed E-state index contributed by atoms with van der Waals surface area (Å²) in [5.41, 5.74) is 1.38. The standard InChI is InChI=1S/C16H18FNO2/c1-2-18-10-12-7-5-8-14(17)16(12)20-15-9-4-3-6-13(15)11-19/h3-9,18-19H,2,10-11H2,1H3. The van der Waals surface area contributed by atoms with Gasteiger partial charge in [-0.1, -0.05) is 37.3 Å². The van der Waals surface area contributed by atoms with Crippen molar-refractivity contribution in [3.8, 4) is 11.5 Å². The summed E-state index contributed by atoms with van der Waals surface area (Å²) in [6, 6.07) is 11.9. The maximum atomic E-state index is 14.0. The maximum Gasteiger partial charge on any atom is 0.167 e. The van der Waals surface area contributed by atoms with Crippen molar-refractivity contribution < 1.29 is 14.2 Å². The first-order valence-electron chi connectivity index (χ1n) is 6.61. The van der Waals surface area contributed by atoms with Gasteiger partial charge in [0.15, 0.2) is 11.6 Å². The Kier molecular flexibility index (Phi) is 5.09. The van der Waals surface area contributed by atoms with Gasteiger partial charge >= 0.3 is 0 Å². The fraction of sp³-hybridized carbons (Fsp3) is 0.250. The van der Waals surface area contributed by atoms with E-state index in [0.29, 0.717) is 17.9 Å². The molecule has 0 radical (unpaired) electrons. The Morgan fingerprint density at radius 3 is 2.60 bits per heavy atom. The van der Waals surface area contributed by atoms with Crippen LogP contribution in [0, 0.1) is 5.82 Å². The molecular weight excluding hydrogens is 257 g/mol. The zero-order valence-corrected chi connectivity index (χ0v) is 11.4. The second-order valence-electron chi connectivity index (χ2n) is 4.38. The number of hydrogen-bond donors (Lipinski definition) is 2. The molecule has 0 saturated carbocycles. The number of rotatable bonds is 6. The van der Waals surface area contributed by atoms with Crippen LogP contribution in [0.15, 0.2) is 42.5 Å². The van der Waals surface area contributed by atoms with Gasteiger partial charge in [0, 0.05) is 17.7 Å². The Morgan fingerprint density at radius 1 is 1.10 bits per heavy atom. The predicted octanol–water partition coefficient (Wildman–Crippen LogP) is 3.22. The monoisotopic (exact) mass is 275 g/mol. The molecule has 0 aliphatic rings. The summed E-state index contributed by atoms with van der Waals surface area (Å²) in [4.78, 5) is 0. The third-order valence-electron chi connectivity index (χ3n) is 2.97. The number of aliphatic hydroxyl groups excluding tert-OH is 1. The van der Waals surface area contributed by atoms with Crippen LogP contribution >= 0.6 is 0 Å². The minimum absolute atomic E-state index is 0.146. The third-order valence-corrected chi connectivity index (χ3v) is 2.97. The summed E-state index contributed by atoms with van der Waals surface area (Å²) in [5, 5.41) is 12.4. The lowest BCUT2D eigenvalue weighted by Gasteiger charge is -2.14. The van der Waals surface area contributed by atoms with Crippen molar-refractivity contribution >= 4 is 0 Å². The summed E-state index contributed by atoms with van der Waals surface area (Å²) < 4.78 is 19.7. The highest BCUT2D eigenvalue weighted by Gasteiger charge is 2.12. The van der Waals surface area contributed by atoms with Gasteiger partial charge in [0.25, 0.3) is 0 Å². The van der Waals surface area contributed by atoms with Gasteiger partial charge in [-0.15, -0.1) is 0 Å². The summed E-state index contributed by atoms with van der Waals surface area (Å²) >= 11 is 0. The fourth-order valence-electron chi connectivity index (χ4n) is 1.91. The van der Waals surface area contributed by atoms with Crippen molar-refractivity contribution in [2.24, 2.45) is 0 Å². The molecule has 0 fully saturated rings. The summed E-state index contributed by atoms with van der Waals surface area (Å²) in [6.45, 7) is 3.17. The molecule has 2 aromatic carbocycles. The Balaban J connectivity index is 2.32. The molecule has 0 spiro atoms. The molecule has 20 heavy (non-hydrogen) atoms. The van der Waals surface area contributed by atoms with E-state index in [9.17, 15) is 9.50 Å². The van der Waals surface area contributed by atoms with E-state index in [2.05, 4.69) is 5.32 Å². The van der Waals surface area contributed by atoms with Gasteiger partial charge in [-0.2, -0.15) is 0 Å². The zero-order valence-electron chi connectivity index (χ0n) is 11.4. The molecule has 0 unspecified atom stereocenters. The highest BCUT2D eigenvalue weighted by atomic mass is 19.1. The number of benzene rings is 2. The molecule has 0 aliphatic heterocycles. The molecule has 0 saturated heterocycles. The van der Waals surface area contributed by atoms with Crippen molar-refractivity contribution in [3.63, 3.8) is 0 Å². The van der Waals surface area contributed by atoms with Crippen LogP contribution in [0.5, 0.6) is 11.5 Å². The molecule has 4 heteroatoms. The first-order chi connectivity index (χ1) is 9.76. The molecule has 0 atom stereocenters. The molecule has 2 aromatic rings. The van der Waals surface area contributed by atoms with E-state index in [1.165, 1.54) is 6.07 Å². The lowest BCUT2D eigenvalue weighted by molar-refractivity contribution is 0.276. The van der Waals surface area contributed by atoms with Crippen molar-refractivity contribution in [2.45, 2.75) is 20.1 Å². The Hall–Kier alpha value is -1.91. The van der Waals surface area contributed by atoms with Crippen LogP contribution in [0.2, 0.25) is 0 Å². The smallest absolute Gasteiger partial charge is 0.167 e. The molecule has 0 aromatic heterocycles. The number of halogens is 1. The van der Waals surface area contributed by atoms with E-state index < -0.39 is 5.82 Å². The van der Waals surface area contributed by atoms with Gasteiger partial charge in [-0.3, -0.25) is 0 Å². The van der Waals surface area contributed by atoms with Crippen LogP contribution in [0.1, 0.15) is 18.1 Å². The minimum Gasteiger partial charge on any atom is -0.454 e. The highest BCUT2D eigenvalue weighted by molar-refractivity contribution is 5.42. The second-order valence-corrected chi connectivity index (χ2v) is 4.38. The van der Waals surface area contributed by atoms with Gasteiger partial charge in [0.2, 0.25) is 0 Å². The fourth-order valence-corrected chi connectivity index (χ4v) is 1.91. The van der Waals surface area contributed by atoms with Crippen molar-refractivity contribution in [2.75, 3.05) is 6.54 Å². The SMILES string of the molecule is CCNCc1cccc(F)c1Oc1ccccc1CO. The van der Waals surface area contributed by atoms with Gasteiger partial charge in [0.1, 0.15) is 5.75 Å². The largest absolute Gasteiger partial charge is 0.454 e. The van der Waals surface area contributed by atoms with Crippen LogP contribution < -0.4 is 10.1 Å². The number of para-hydroxylation sites is 2. The summed E-state index contributed by atoms with van der Waals surface area (Å²) in [7, 11) is 0. The van der Waals surface area contributed by atoms with Gasteiger partial charge in [-0.25, -0.2) is 4.39 Å². The van der Waals surface area contributed by atoms with Crippen LogP contribution in [-0.2, 0) is 13.2 Å². The highest BCUT2D eigenvalue weighted by Crippen LogP contribution is 2.30. The first-order valence-corrected chi connectivity index (χ1v) is 6.61. The van der Waals surface area contributed by atoms with E-state index >= 15 is 0 Å². The first kappa shape index (κ1) is 14.5. The average Bonchev–Trinajstić information content (AvgIpc) is 2.48. The lowest BCUT2D eigenvalue weighted by atomic mass is 10.1. The van der Waals surface area contributed by atoms with E-state index in [0.717, 1.165) is 12.1 Å². The van der Waals surface area contributed by atoms with Gasteiger partial charge in [-0.05, 0) is 18.7 Å². The Morgan fingerprint density at radius 2 is 1.85 bits per heavy atom. The van der Waals surface area contributed by atoms with Crippen LogP contribution in [0.4, 0.5) is 4.39 Å². The quantitative estimate of drug-likeness (QED) is 0.850. The van der Waals surface area contributed by atoms with Crippen LogP contribution in [-0.4, -0.2) is 11.7 Å². The van der Waals surface area contributed by atoms with Gasteiger partial charge in [0.05, 0.1) is 6.61 Å². The Labute approximate surface area is 118 Å². The predicted molar refractivity (Wildman–Crippen MR) is 76.2 cm³/mol. The molecule has 0 heterocycles. The van der Waals surface area contributed by atoms with E-state index in [4.69, 9.17) is 4.74 Å². The molecule has 2 N–H and O–H groups in total. The minimum atomic E-state index is -0.409. The molecule has 106 valence electrons. The molecule has 0 bridgehead atoms. The molecule has 0 aliphatic carbocycles. The van der Waals surface area contributed by atoms with E-state index in [1.807, 2.05) is 13.0 Å². The molecule has 3 nitrogen and oxygen atoms in total. The maximum absolute atomic E-state index is 14.0. The summed E-state index contributed by atoms with van der Waals surface area (Å²) in [5.74, 6) is 0.264. The third kappa shape index (κ3) is 3.35. The molecule has 2 rings (SSSR count). The van der Waals surface area contributed by atoms with Crippen molar-refractivity contribution in [1.82, 2.24) is 5.32 Å². The van der Waals surface area contributed by atoms with Gasteiger partial charge < -0.3 is 15.2 Å². The van der Waals surface area contributed by atoms with E-state index in [1.54, 1.807) is 30.3 Å². The molecular formula is C16H18FNO2. The van der Waals surface area contributed by atoms with Crippen LogP contribution in [0.25, 0.3) is 0 Å². The number of nitrogens with one attached hydrogen (secondary N) is 1. The summed E-state index contributed by atoms with van der Waals surface area (Å²) in [6.07, 6.45) is 0. The average molecular weight is 275 g/mol. The van der Waals surface area contributed by atoms with Crippen LogP contribution in [0.3, 0.4) is 0 Å². The number of hydrogen-bond acceptors (Lipinski definition) is 3. The molecule has 0 amide bonds. The topological polar surface area (TPSA) is 41.5 Å². The van der Waals surface area contributed by atoms with E-state index in [-0.39, 0.29) is 12.4 Å². The Bertz CT molecular complexity index is 572. The number of ether oxygens (including phenoxy) is 1.